The lowest BCUT2D eigenvalue weighted by Crippen LogP contribution is -2.57. The number of carbonyl (C=O) groups excluding carboxylic acids is 1. The molecule has 4 aromatic rings. The molecule has 226 valence electrons. The van der Waals surface area contributed by atoms with Gasteiger partial charge in [0.25, 0.3) is 0 Å². The Morgan fingerprint density at radius 3 is 1.84 bits per heavy atom. The van der Waals surface area contributed by atoms with E-state index in [0.29, 0.717) is 31.3 Å². The van der Waals surface area contributed by atoms with Gasteiger partial charge in [-0.25, -0.2) is 4.79 Å². The summed E-state index contributed by atoms with van der Waals surface area (Å²) in [4.78, 5) is 12.8. The predicted molar refractivity (Wildman–Crippen MR) is 165 cm³/mol. The summed E-state index contributed by atoms with van der Waals surface area (Å²) >= 11 is 0. The Morgan fingerprint density at radius 1 is 0.705 bits per heavy atom. The minimum atomic E-state index is -0.649. The number of fused-ring (bicyclic) bond motifs is 1. The van der Waals surface area contributed by atoms with Crippen molar-refractivity contribution in [2.24, 2.45) is 0 Å². The normalized spacial score (nSPS) is 20.5. The molecule has 44 heavy (non-hydrogen) atoms. The molecule has 6 rings (SSSR count). The van der Waals surface area contributed by atoms with Gasteiger partial charge in [-0.2, -0.15) is 0 Å². The van der Waals surface area contributed by atoms with Crippen LogP contribution in [0.15, 0.2) is 115 Å². The topological polar surface area (TPSA) is 84.5 Å². The molecule has 1 amide bonds. The van der Waals surface area contributed by atoms with Gasteiger partial charge in [-0.1, -0.05) is 97.1 Å². The van der Waals surface area contributed by atoms with E-state index in [1.165, 1.54) is 7.11 Å². The second kappa shape index (κ2) is 14.2. The third-order valence-corrected chi connectivity index (χ3v) is 7.68. The lowest BCUT2D eigenvalue weighted by molar-refractivity contribution is -0.146. The Labute approximate surface area is 257 Å². The molecule has 2 aliphatic rings. The van der Waals surface area contributed by atoms with Gasteiger partial charge in [-0.3, -0.25) is 0 Å². The second-order valence-corrected chi connectivity index (χ2v) is 10.6. The van der Waals surface area contributed by atoms with E-state index in [1.54, 1.807) is 0 Å². The summed E-state index contributed by atoms with van der Waals surface area (Å²) in [5, 5.41) is 3.03. The number of alkyl carbamates (subject to hydrolysis) is 1. The maximum atomic E-state index is 12.8. The zero-order valence-corrected chi connectivity index (χ0v) is 24.5. The van der Waals surface area contributed by atoms with Crippen LogP contribution in [-0.2, 0) is 38.8 Å². The highest BCUT2D eigenvalue weighted by Crippen LogP contribution is 2.39. The van der Waals surface area contributed by atoms with Crippen molar-refractivity contribution in [2.75, 3.05) is 13.9 Å². The minimum Gasteiger partial charge on any atom is -0.454 e. The molecule has 8 heteroatoms. The molecule has 4 atom stereocenters. The molecule has 0 aromatic heterocycles. The maximum absolute atomic E-state index is 12.8. The molecule has 0 spiro atoms. The Bertz CT molecular complexity index is 1550. The van der Waals surface area contributed by atoms with Crippen LogP contribution in [0.2, 0.25) is 0 Å². The van der Waals surface area contributed by atoms with Gasteiger partial charge in [0.15, 0.2) is 11.5 Å². The quantitative estimate of drug-likeness (QED) is 0.219. The average molecular weight is 594 g/mol. The third-order valence-electron chi connectivity index (χ3n) is 7.68. The lowest BCUT2D eigenvalue weighted by atomic mass is 9.83. The zero-order valence-electron chi connectivity index (χ0n) is 24.5. The Kier molecular flexibility index (Phi) is 9.52. The molecule has 1 aliphatic heterocycles. The van der Waals surface area contributed by atoms with Gasteiger partial charge in [0.2, 0.25) is 6.79 Å². The number of amides is 1. The Balaban J connectivity index is 1.41. The van der Waals surface area contributed by atoms with Crippen LogP contribution in [0.3, 0.4) is 0 Å². The van der Waals surface area contributed by atoms with E-state index in [2.05, 4.69) is 5.32 Å². The van der Waals surface area contributed by atoms with Gasteiger partial charge in [-0.15, -0.1) is 0 Å². The molecule has 8 nitrogen and oxygen atoms in total. The maximum Gasteiger partial charge on any atom is 0.407 e. The van der Waals surface area contributed by atoms with Crippen LogP contribution in [0.4, 0.5) is 4.79 Å². The van der Waals surface area contributed by atoms with Crippen molar-refractivity contribution < 1.29 is 33.2 Å². The zero-order chi connectivity index (χ0) is 30.1. The van der Waals surface area contributed by atoms with Gasteiger partial charge in [0.1, 0.15) is 18.3 Å². The first-order valence-corrected chi connectivity index (χ1v) is 14.6. The minimum absolute atomic E-state index is 0.155. The molecule has 4 aromatic carbocycles. The fourth-order valence-electron chi connectivity index (χ4n) is 5.45. The van der Waals surface area contributed by atoms with Crippen LogP contribution >= 0.6 is 0 Å². The number of ether oxygens (including phenoxy) is 6. The van der Waals surface area contributed by atoms with Crippen LogP contribution in [0.5, 0.6) is 11.5 Å². The highest BCUT2D eigenvalue weighted by molar-refractivity contribution is 5.79. The van der Waals surface area contributed by atoms with E-state index in [4.69, 9.17) is 28.4 Å². The SMILES string of the molecule is COC(=O)N[C@@H]1C(c2ccc3c(c2)OCO3)=C[C@H](OCc2ccccc2)[C@@H](OCc2ccccc2)[C@H]1OCc1ccccc1. The van der Waals surface area contributed by atoms with E-state index in [1.807, 2.05) is 115 Å². The molecule has 1 aliphatic carbocycles. The molecule has 0 bridgehead atoms. The van der Waals surface area contributed by atoms with Crippen molar-refractivity contribution in [1.82, 2.24) is 5.32 Å². The smallest absolute Gasteiger partial charge is 0.407 e. The van der Waals surface area contributed by atoms with Crippen LogP contribution in [0, 0.1) is 0 Å². The molecular weight excluding hydrogens is 558 g/mol. The molecule has 0 saturated carbocycles. The summed E-state index contributed by atoms with van der Waals surface area (Å²) < 4.78 is 36.2. The summed E-state index contributed by atoms with van der Waals surface area (Å²) in [5.41, 5.74) is 4.67. The van der Waals surface area contributed by atoms with Crippen LogP contribution in [0.1, 0.15) is 22.3 Å². The molecule has 0 saturated heterocycles. The number of hydrogen-bond donors (Lipinski definition) is 1. The van der Waals surface area contributed by atoms with E-state index in [0.717, 1.165) is 27.8 Å². The van der Waals surface area contributed by atoms with E-state index >= 15 is 0 Å². The Morgan fingerprint density at radius 2 is 1.25 bits per heavy atom. The number of rotatable bonds is 11. The number of benzene rings is 4. The summed E-state index contributed by atoms with van der Waals surface area (Å²) in [6, 6.07) is 34.9. The first-order valence-electron chi connectivity index (χ1n) is 14.6. The van der Waals surface area contributed by atoms with Crippen molar-refractivity contribution >= 4 is 11.7 Å². The highest BCUT2D eigenvalue weighted by atomic mass is 16.7. The highest BCUT2D eigenvalue weighted by Gasteiger charge is 2.44. The van der Waals surface area contributed by atoms with Crippen molar-refractivity contribution in [2.45, 2.75) is 44.2 Å². The fourth-order valence-corrected chi connectivity index (χ4v) is 5.45. The molecule has 0 fully saturated rings. The number of nitrogens with one attached hydrogen (secondary N) is 1. The second-order valence-electron chi connectivity index (χ2n) is 10.6. The van der Waals surface area contributed by atoms with E-state index in [9.17, 15) is 4.79 Å². The molecule has 0 radical (unpaired) electrons. The van der Waals surface area contributed by atoms with Crippen molar-refractivity contribution in [3.05, 3.63) is 138 Å². The Hall–Kier alpha value is -4.63. The van der Waals surface area contributed by atoms with Gasteiger partial charge in [-0.05, 0) is 46.0 Å². The standard InChI is InChI=1S/C36H35NO7/c1-39-36(38)37-33-29(28-17-18-30-31(19-28)44-24-43-30)20-32(40-21-25-11-5-2-6-12-25)34(41-22-26-13-7-3-8-14-26)35(33)42-23-27-15-9-4-10-16-27/h2-20,32-35H,21-24H2,1H3,(H,37,38)/t32-,33+,34+,35-/m0/s1. The van der Waals surface area contributed by atoms with Gasteiger partial charge in [0.05, 0.1) is 33.0 Å². The van der Waals surface area contributed by atoms with Crippen molar-refractivity contribution in [3.8, 4) is 11.5 Å². The van der Waals surface area contributed by atoms with Crippen LogP contribution in [0.25, 0.3) is 5.57 Å². The first-order chi connectivity index (χ1) is 21.7. The fraction of sp³-hybridized carbons (Fsp3) is 0.250. The van der Waals surface area contributed by atoms with Crippen LogP contribution in [-0.4, -0.2) is 44.3 Å². The molecule has 0 unspecified atom stereocenters. The molecular formula is C36H35NO7. The van der Waals surface area contributed by atoms with E-state index < -0.39 is 30.4 Å². The summed E-state index contributed by atoms with van der Waals surface area (Å²) in [6.07, 6.45) is -0.318. The predicted octanol–water partition coefficient (Wildman–Crippen LogP) is 6.29. The molecule has 1 N–H and O–H groups in total. The average Bonchev–Trinajstić information content (AvgIpc) is 3.55. The third kappa shape index (κ3) is 7.11. The van der Waals surface area contributed by atoms with Crippen LogP contribution < -0.4 is 14.8 Å². The van der Waals surface area contributed by atoms with E-state index in [-0.39, 0.29) is 6.79 Å². The largest absolute Gasteiger partial charge is 0.454 e. The van der Waals surface area contributed by atoms with Crippen molar-refractivity contribution in [1.29, 1.82) is 0 Å². The summed E-state index contributed by atoms with van der Waals surface area (Å²) in [5.74, 6) is 1.30. The monoisotopic (exact) mass is 593 g/mol. The van der Waals surface area contributed by atoms with Gasteiger partial charge < -0.3 is 33.7 Å². The van der Waals surface area contributed by atoms with Gasteiger partial charge >= 0.3 is 6.09 Å². The summed E-state index contributed by atoms with van der Waals surface area (Å²) in [6.45, 7) is 1.15. The molecule has 1 heterocycles. The summed E-state index contributed by atoms with van der Waals surface area (Å²) in [7, 11) is 1.34. The van der Waals surface area contributed by atoms with Crippen molar-refractivity contribution in [3.63, 3.8) is 0 Å². The number of carbonyl (C=O) groups is 1. The number of methoxy groups -OCH3 is 1. The lowest BCUT2D eigenvalue weighted by Gasteiger charge is -2.42. The first kappa shape index (κ1) is 29.4. The number of hydrogen-bond acceptors (Lipinski definition) is 7. The van der Waals surface area contributed by atoms with Gasteiger partial charge in [0, 0.05) is 0 Å².